The van der Waals surface area contributed by atoms with Crippen molar-refractivity contribution >= 4 is 23.3 Å². The molecule has 0 aliphatic carbocycles. The summed E-state index contributed by atoms with van der Waals surface area (Å²) in [6.45, 7) is 2.47. The first-order valence-corrected chi connectivity index (χ1v) is 9.51. The van der Waals surface area contributed by atoms with E-state index in [0.717, 1.165) is 24.5 Å². The Balaban J connectivity index is 1.34. The van der Waals surface area contributed by atoms with E-state index < -0.39 is 0 Å². The maximum atomic E-state index is 12.4. The lowest BCUT2D eigenvalue weighted by Gasteiger charge is -2.23. The summed E-state index contributed by atoms with van der Waals surface area (Å²) < 4.78 is 1.85. The quantitative estimate of drug-likeness (QED) is 0.637. The Kier molecular flexibility index (Phi) is 5.24. The second kappa shape index (κ2) is 8.14. The van der Waals surface area contributed by atoms with Gasteiger partial charge in [-0.05, 0) is 43.7 Å². The first kappa shape index (κ1) is 18.7. The van der Waals surface area contributed by atoms with Crippen LogP contribution < -0.4 is 16.0 Å². The summed E-state index contributed by atoms with van der Waals surface area (Å²) in [5, 5.41) is 13.0. The predicted molar refractivity (Wildman–Crippen MR) is 110 cm³/mol. The third-order valence-electron chi connectivity index (χ3n) is 4.71. The van der Waals surface area contributed by atoms with Crippen LogP contribution >= 0.6 is 0 Å². The number of benzene rings is 2. The fraction of sp³-hybridized carbons (Fsp3) is 0.238. The van der Waals surface area contributed by atoms with E-state index in [1.165, 1.54) is 0 Å². The van der Waals surface area contributed by atoms with Gasteiger partial charge in [-0.3, -0.25) is 4.79 Å². The highest BCUT2D eigenvalue weighted by molar-refractivity contribution is 6.04. The Labute approximate surface area is 168 Å². The van der Waals surface area contributed by atoms with Crippen LogP contribution in [0.25, 0.3) is 0 Å². The van der Waals surface area contributed by atoms with Crippen LogP contribution in [0.2, 0.25) is 0 Å². The highest BCUT2D eigenvalue weighted by Crippen LogP contribution is 2.17. The molecular formula is C21H22N6O2. The molecule has 29 heavy (non-hydrogen) atoms. The molecule has 0 spiro atoms. The van der Waals surface area contributed by atoms with Crippen LogP contribution in [0.4, 0.5) is 16.2 Å². The largest absolute Gasteiger partial charge is 0.333 e. The van der Waals surface area contributed by atoms with Crippen molar-refractivity contribution in [3.63, 3.8) is 0 Å². The molecule has 1 aliphatic rings. The SMILES string of the molecule is Cc1nc2n(n1)CC(NC(=O)Nc1cccc(NC(=O)c3ccccc3)c1)CC2. The molecule has 0 radical (unpaired) electrons. The topological polar surface area (TPSA) is 101 Å². The molecule has 3 aromatic rings. The van der Waals surface area contributed by atoms with Gasteiger partial charge in [0.05, 0.1) is 12.6 Å². The second-order valence-corrected chi connectivity index (χ2v) is 6.99. The Morgan fingerprint density at radius 1 is 1.03 bits per heavy atom. The zero-order chi connectivity index (χ0) is 20.2. The van der Waals surface area contributed by atoms with Gasteiger partial charge >= 0.3 is 6.03 Å². The average Bonchev–Trinajstić information content (AvgIpc) is 3.08. The number of carbonyl (C=O) groups is 2. The number of urea groups is 1. The zero-order valence-electron chi connectivity index (χ0n) is 16.1. The summed E-state index contributed by atoms with van der Waals surface area (Å²) in [4.78, 5) is 29.1. The molecule has 4 rings (SSSR count). The van der Waals surface area contributed by atoms with Gasteiger partial charge in [-0.25, -0.2) is 14.5 Å². The number of nitrogens with zero attached hydrogens (tertiary/aromatic N) is 3. The summed E-state index contributed by atoms with van der Waals surface area (Å²) in [6.07, 6.45) is 1.60. The molecule has 0 bridgehead atoms. The number of amides is 3. The predicted octanol–water partition coefficient (Wildman–Crippen LogP) is 2.98. The first-order valence-electron chi connectivity index (χ1n) is 9.51. The van der Waals surface area contributed by atoms with Crippen LogP contribution in [-0.2, 0) is 13.0 Å². The molecule has 2 heterocycles. The van der Waals surface area contributed by atoms with Crippen LogP contribution in [0.15, 0.2) is 54.6 Å². The summed E-state index contributed by atoms with van der Waals surface area (Å²) in [7, 11) is 0. The van der Waals surface area contributed by atoms with Crippen molar-refractivity contribution in [2.24, 2.45) is 0 Å². The van der Waals surface area contributed by atoms with Gasteiger partial charge in [-0.2, -0.15) is 5.10 Å². The van der Waals surface area contributed by atoms with Crippen molar-refractivity contribution in [2.45, 2.75) is 32.4 Å². The lowest BCUT2D eigenvalue weighted by atomic mass is 10.1. The zero-order valence-corrected chi connectivity index (χ0v) is 16.1. The Morgan fingerprint density at radius 3 is 2.59 bits per heavy atom. The monoisotopic (exact) mass is 390 g/mol. The van der Waals surface area contributed by atoms with Crippen molar-refractivity contribution in [3.05, 3.63) is 71.8 Å². The fourth-order valence-electron chi connectivity index (χ4n) is 3.37. The molecule has 3 N–H and O–H groups in total. The number of nitrogens with one attached hydrogen (secondary N) is 3. The lowest BCUT2D eigenvalue weighted by Crippen LogP contribution is -2.43. The molecule has 2 aromatic carbocycles. The summed E-state index contributed by atoms with van der Waals surface area (Å²) >= 11 is 0. The van der Waals surface area contributed by atoms with Crippen molar-refractivity contribution in [1.29, 1.82) is 0 Å². The van der Waals surface area contributed by atoms with E-state index >= 15 is 0 Å². The van der Waals surface area contributed by atoms with Crippen molar-refractivity contribution in [3.8, 4) is 0 Å². The van der Waals surface area contributed by atoms with E-state index in [1.54, 1.807) is 36.4 Å². The maximum absolute atomic E-state index is 12.4. The summed E-state index contributed by atoms with van der Waals surface area (Å²) in [5.74, 6) is 1.51. The van der Waals surface area contributed by atoms with Gasteiger partial charge in [0.1, 0.15) is 11.6 Å². The van der Waals surface area contributed by atoms with Crippen molar-refractivity contribution in [1.82, 2.24) is 20.1 Å². The van der Waals surface area contributed by atoms with E-state index in [1.807, 2.05) is 29.8 Å². The van der Waals surface area contributed by atoms with E-state index in [2.05, 4.69) is 26.0 Å². The number of fused-ring (bicyclic) bond motifs is 1. The van der Waals surface area contributed by atoms with Crippen LogP contribution in [-0.4, -0.2) is 32.7 Å². The summed E-state index contributed by atoms with van der Waals surface area (Å²) in [5.41, 5.74) is 1.78. The maximum Gasteiger partial charge on any atom is 0.319 e. The van der Waals surface area contributed by atoms with Crippen molar-refractivity contribution < 1.29 is 9.59 Å². The minimum absolute atomic E-state index is 0.00966. The number of hydrogen-bond acceptors (Lipinski definition) is 4. The van der Waals surface area contributed by atoms with Crippen LogP contribution in [0, 0.1) is 6.92 Å². The molecule has 1 unspecified atom stereocenters. The standard InChI is InChI=1S/C21H22N6O2/c1-14-22-19-11-10-18(13-27(19)26-14)25-21(29)24-17-9-5-8-16(12-17)23-20(28)15-6-3-2-4-7-15/h2-9,12,18H,10-11,13H2,1H3,(H,23,28)(H2,24,25,29). The van der Waals surface area contributed by atoms with E-state index in [0.29, 0.717) is 23.5 Å². The van der Waals surface area contributed by atoms with Gasteiger partial charge in [-0.1, -0.05) is 24.3 Å². The van der Waals surface area contributed by atoms with Gasteiger partial charge in [0.15, 0.2) is 0 Å². The van der Waals surface area contributed by atoms with Gasteiger partial charge < -0.3 is 16.0 Å². The molecule has 0 saturated carbocycles. The number of aryl methyl sites for hydroxylation is 2. The molecule has 3 amide bonds. The average molecular weight is 390 g/mol. The Bertz CT molecular complexity index is 1030. The molecule has 148 valence electrons. The number of rotatable bonds is 4. The smallest absolute Gasteiger partial charge is 0.319 e. The lowest BCUT2D eigenvalue weighted by molar-refractivity contribution is 0.102. The van der Waals surface area contributed by atoms with Crippen LogP contribution in [0.1, 0.15) is 28.4 Å². The van der Waals surface area contributed by atoms with Gasteiger partial charge in [0.25, 0.3) is 5.91 Å². The van der Waals surface area contributed by atoms with Crippen LogP contribution in [0.3, 0.4) is 0 Å². The number of anilines is 2. The van der Waals surface area contributed by atoms with Crippen molar-refractivity contribution in [2.75, 3.05) is 10.6 Å². The molecule has 0 saturated heterocycles. The Morgan fingerprint density at radius 2 is 1.79 bits per heavy atom. The van der Waals surface area contributed by atoms with Crippen LogP contribution in [0.5, 0.6) is 0 Å². The molecule has 0 fully saturated rings. The minimum atomic E-state index is -0.290. The molecule has 8 nitrogen and oxygen atoms in total. The van der Waals surface area contributed by atoms with Gasteiger partial charge in [0.2, 0.25) is 0 Å². The normalized spacial score (nSPS) is 15.3. The molecular weight excluding hydrogens is 368 g/mol. The summed E-state index contributed by atoms with van der Waals surface area (Å²) in [6, 6.07) is 15.7. The molecule has 8 heteroatoms. The van der Waals surface area contributed by atoms with Gasteiger partial charge in [0, 0.05) is 23.4 Å². The third-order valence-corrected chi connectivity index (χ3v) is 4.71. The van der Waals surface area contributed by atoms with Gasteiger partial charge in [-0.15, -0.1) is 0 Å². The van der Waals surface area contributed by atoms with E-state index in [4.69, 9.17) is 0 Å². The van der Waals surface area contributed by atoms with E-state index in [9.17, 15) is 9.59 Å². The molecule has 1 aliphatic heterocycles. The third kappa shape index (κ3) is 4.60. The number of hydrogen-bond donors (Lipinski definition) is 3. The van der Waals surface area contributed by atoms with E-state index in [-0.39, 0.29) is 18.0 Å². The number of aromatic nitrogens is 3. The highest BCUT2D eigenvalue weighted by atomic mass is 16.2. The fourth-order valence-corrected chi connectivity index (χ4v) is 3.37. The highest BCUT2D eigenvalue weighted by Gasteiger charge is 2.22. The molecule has 1 atom stereocenters. The Hall–Kier alpha value is -3.68. The first-order chi connectivity index (χ1) is 14.1. The molecule has 1 aromatic heterocycles. The number of carbonyl (C=O) groups excluding carboxylic acids is 2. The second-order valence-electron chi connectivity index (χ2n) is 6.99. The minimum Gasteiger partial charge on any atom is -0.333 e.